The number of unbranched alkanes of at least 4 members (excludes halogenated alkanes) is 4. The van der Waals surface area contributed by atoms with Crippen LogP contribution in [0.1, 0.15) is 219 Å². The molecule has 0 spiro atoms. The van der Waals surface area contributed by atoms with Crippen LogP contribution in [-0.4, -0.2) is 41.4 Å². The van der Waals surface area contributed by atoms with Crippen molar-refractivity contribution in [2.24, 2.45) is 23.7 Å². The number of rotatable bonds is 28. The largest absolute Gasteiger partial charge is 0.466 e. The minimum atomic E-state index is -0.0267. The van der Waals surface area contributed by atoms with Crippen molar-refractivity contribution in [1.29, 1.82) is 0 Å². The van der Waals surface area contributed by atoms with Gasteiger partial charge in [0.25, 0.3) is 0 Å². The SMILES string of the molecule is CCCCCC(CCOC(=O)CCC1CCCCC1)CCC(=O)CCC(CCCCC)CCSC1CCCC[C@H]1OC(=O)CCC1CCCCC1. The molecule has 0 aromatic carbocycles. The third kappa shape index (κ3) is 20.9. The minimum absolute atomic E-state index is 0.0267. The quantitative estimate of drug-likeness (QED) is 0.0589. The molecule has 4 atom stereocenters. The summed E-state index contributed by atoms with van der Waals surface area (Å²) in [6.45, 7) is 5.01. The highest BCUT2D eigenvalue weighted by atomic mass is 32.2. The van der Waals surface area contributed by atoms with Crippen LogP contribution < -0.4 is 0 Å². The van der Waals surface area contributed by atoms with E-state index in [2.05, 4.69) is 13.8 Å². The Morgan fingerprint density at radius 3 is 1.69 bits per heavy atom. The normalized spacial score (nSPS) is 21.6. The summed E-state index contributed by atoms with van der Waals surface area (Å²) in [6.07, 6.45) is 36.0. The molecule has 0 aromatic heterocycles. The molecule has 5 nitrogen and oxygen atoms in total. The van der Waals surface area contributed by atoms with E-state index in [4.69, 9.17) is 9.47 Å². The molecule has 3 aliphatic rings. The Kier molecular flexibility index (Phi) is 24.7. The first-order valence-electron chi connectivity index (χ1n) is 22.4. The Balaban J connectivity index is 1.36. The fourth-order valence-corrected chi connectivity index (χ4v) is 10.6. The van der Waals surface area contributed by atoms with E-state index in [-0.39, 0.29) is 18.0 Å². The van der Waals surface area contributed by atoms with E-state index in [1.165, 1.54) is 122 Å². The summed E-state index contributed by atoms with van der Waals surface area (Å²) in [6, 6.07) is 0. The Morgan fingerprint density at radius 2 is 1.10 bits per heavy atom. The van der Waals surface area contributed by atoms with Gasteiger partial charge in [-0.3, -0.25) is 14.4 Å². The maximum atomic E-state index is 13.2. The smallest absolute Gasteiger partial charge is 0.306 e. The van der Waals surface area contributed by atoms with Crippen LogP contribution in [0.3, 0.4) is 0 Å². The van der Waals surface area contributed by atoms with Gasteiger partial charge < -0.3 is 9.47 Å². The monoisotopic (exact) mass is 733 g/mol. The standard InChI is InChI=1S/C45H80O5S/c1-3-5-9-17-39(33-35-49-44(47)31-27-37-19-11-7-12-20-37)25-29-41(46)30-26-40(18-10-6-4-2)34-36-51-43-24-16-15-23-42(43)50-45(48)32-28-38-21-13-8-14-22-38/h37-40,42-43H,3-36H2,1-2H3/t39?,40?,42-,43?/m1/s1. The molecule has 3 unspecified atom stereocenters. The zero-order valence-corrected chi connectivity index (χ0v) is 34.3. The molecule has 0 heterocycles. The summed E-state index contributed by atoms with van der Waals surface area (Å²) in [7, 11) is 0. The molecule has 0 radical (unpaired) electrons. The highest BCUT2D eigenvalue weighted by molar-refractivity contribution is 7.99. The lowest BCUT2D eigenvalue weighted by molar-refractivity contribution is -0.150. The number of Topliss-reactive ketones (excluding diaryl/α,β-unsaturated/α-hetero) is 1. The second-order valence-electron chi connectivity index (χ2n) is 16.9. The predicted molar refractivity (Wildman–Crippen MR) is 215 cm³/mol. The van der Waals surface area contributed by atoms with E-state index in [0.29, 0.717) is 61.1 Å². The van der Waals surface area contributed by atoms with Crippen LogP contribution in [0.15, 0.2) is 0 Å². The average Bonchev–Trinajstić information content (AvgIpc) is 3.15. The van der Waals surface area contributed by atoms with Gasteiger partial charge in [-0.1, -0.05) is 136 Å². The number of carbonyl (C=O) groups is 3. The molecule has 51 heavy (non-hydrogen) atoms. The van der Waals surface area contributed by atoms with E-state index < -0.39 is 0 Å². The Bertz CT molecular complexity index is 910. The molecule has 0 aromatic rings. The van der Waals surface area contributed by atoms with Gasteiger partial charge in [-0.15, -0.1) is 0 Å². The Labute approximate surface area is 319 Å². The summed E-state index contributed by atoms with van der Waals surface area (Å²) >= 11 is 2.04. The molecule has 0 amide bonds. The Hall–Kier alpha value is -1.04. The summed E-state index contributed by atoms with van der Waals surface area (Å²) < 4.78 is 11.8. The molecule has 3 rings (SSSR count). The van der Waals surface area contributed by atoms with Gasteiger partial charge in [-0.05, 0) is 87.2 Å². The van der Waals surface area contributed by atoms with Gasteiger partial charge in [0.1, 0.15) is 11.9 Å². The summed E-state index contributed by atoms with van der Waals surface area (Å²) in [5.41, 5.74) is 0. The van der Waals surface area contributed by atoms with Gasteiger partial charge in [-0.2, -0.15) is 11.8 Å². The van der Waals surface area contributed by atoms with Crippen LogP contribution in [0.2, 0.25) is 0 Å². The molecule has 0 N–H and O–H groups in total. The molecule has 0 saturated heterocycles. The average molecular weight is 733 g/mol. The number of carbonyl (C=O) groups excluding carboxylic acids is 3. The fraction of sp³-hybridized carbons (Fsp3) is 0.933. The maximum Gasteiger partial charge on any atom is 0.306 e. The van der Waals surface area contributed by atoms with Crippen molar-refractivity contribution in [3.8, 4) is 0 Å². The molecule has 3 saturated carbocycles. The van der Waals surface area contributed by atoms with Crippen LogP contribution in [-0.2, 0) is 23.9 Å². The summed E-state index contributed by atoms with van der Waals surface area (Å²) in [5, 5.41) is 0.427. The lowest BCUT2D eigenvalue weighted by Gasteiger charge is -2.31. The van der Waals surface area contributed by atoms with Crippen molar-refractivity contribution in [2.75, 3.05) is 12.4 Å². The fourth-order valence-electron chi connectivity index (χ4n) is 9.10. The molecular formula is C45H80O5S. The van der Waals surface area contributed by atoms with Crippen LogP contribution in [0.4, 0.5) is 0 Å². The van der Waals surface area contributed by atoms with Gasteiger partial charge in [-0.25, -0.2) is 0 Å². The molecule has 296 valence electrons. The van der Waals surface area contributed by atoms with Gasteiger partial charge in [0.15, 0.2) is 0 Å². The lowest BCUT2D eigenvalue weighted by atomic mass is 9.86. The molecule has 0 aliphatic heterocycles. The van der Waals surface area contributed by atoms with Crippen molar-refractivity contribution in [3.63, 3.8) is 0 Å². The first-order chi connectivity index (χ1) is 25.0. The molecular weight excluding hydrogens is 653 g/mol. The van der Waals surface area contributed by atoms with Crippen molar-refractivity contribution >= 4 is 29.5 Å². The second-order valence-corrected chi connectivity index (χ2v) is 18.3. The summed E-state index contributed by atoms with van der Waals surface area (Å²) in [5.74, 6) is 4.03. The maximum absolute atomic E-state index is 13.2. The lowest BCUT2D eigenvalue weighted by Crippen LogP contribution is -2.32. The molecule has 6 heteroatoms. The summed E-state index contributed by atoms with van der Waals surface area (Å²) in [4.78, 5) is 38.5. The minimum Gasteiger partial charge on any atom is -0.466 e. The van der Waals surface area contributed by atoms with E-state index in [1.807, 2.05) is 11.8 Å². The van der Waals surface area contributed by atoms with Crippen LogP contribution >= 0.6 is 11.8 Å². The van der Waals surface area contributed by atoms with Crippen molar-refractivity contribution < 1.29 is 23.9 Å². The third-order valence-electron chi connectivity index (χ3n) is 12.6. The molecule has 0 bridgehead atoms. The van der Waals surface area contributed by atoms with Crippen LogP contribution in [0.5, 0.6) is 0 Å². The highest BCUT2D eigenvalue weighted by Crippen LogP contribution is 2.34. The van der Waals surface area contributed by atoms with Crippen molar-refractivity contribution in [2.45, 2.75) is 231 Å². The zero-order chi connectivity index (χ0) is 36.4. The highest BCUT2D eigenvalue weighted by Gasteiger charge is 2.29. The van der Waals surface area contributed by atoms with Gasteiger partial charge in [0, 0.05) is 30.9 Å². The van der Waals surface area contributed by atoms with E-state index in [0.717, 1.165) is 69.5 Å². The number of ketones is 1. The number of thioether (sulfide) groups is 1. The topological polar surface area (TPSA) is 69.7 Å². The number of esters is 2. The van der Waals surface area contributed by atoms with Gasteiger partial charge in [0.2, 0.25) is 0 Å². The zero-order valence-electron chi connectivity index (χ0n) is 33.5. The van der Waals surface area contributed by atoms with Crippen molar-refractivity contribution in [1.82, 2.24) is 0 Å². The first kappa shape index (κ1) is 44.4. The van der Waals surface area contributed by atoms with Crippen molar-refractivity contribution in [3.05, 3.63) is 0 Å². The van der Waals surface area contributed by atoms with E-state index in [9.17, 15) is 14.4 Å². The molecule has 3 aliphatic carbocycles. The number of hydrogen-bond donors (Lipinski definition) is 0. The first-order valence-corrected chi connectivity index (χ1v) is 23.5. The van der Waals surface area contributed by atoms with E-state index in [1.54, 1.807) is 0 Å². The van der Waals surface area contributed by atoms with Gasteiger partial charge in [0.05, 0.1) is 6.61 Å². The predicted octanol–water partition coefficient (Wildman–Crippen LogP) is 13.1. The third-order valence-corrected chi connectivity index (χ3v) is 14.1. The number of hydrogen-bond acceptors (Lipinski definition) is 6. The van der Waals surface area contributed by atoms with Crippen LogP contribution in [0.25, 0.3) is 0 Å². The van der Waals surface area contributed by atoms with E-state index >= 15 is 0 Å². The second kappa shape index (κ2) is 28.4. The van der Waals surface area contributed by atoms with Crippen LogP contribution in [0, 0.1) is 23.7 Å². The van der Waals surface area contributed by atoms with Gasteiger partial charge >= 0.3 is 11.9 Å². The molecule has 3 fully saturated rings. The number of ether oxygens (including phenoxy) is 2. The Morgan fingerprint density at radius 1 is 0.569 bits per heavy atom.